The lowest BCUT2D eigenvalue weighted by molar-refractivity contribution is 0.0746. The van der Waals surface area contributed by atoms with Crippen molar-refractivity contribution in [1.82, 2.24) is 14.7 Å². The molecule has 3 aromatic rings. The number of carbonyl (C=O) groups is 1. The molecule has 150 valence electrons. The molecule has 0 unspecified atom stereocenters. The molecule has 4 rings (SSSR count). The highest BCUT2D eigenvalue weighted by Crippen LogP contribution is 2.28. The lowest BCUT2D eigenvalue weighted by Gasteiger charge is -2.36. The lowest BCUT2D eigenvalue weighted by atomic mass is 10.1. The minimum absolute atomic E-state index is 0.0630. The van der Waals surface area contributed by atoms with E-state index in [1.807, 2.05) is 72.0 Å². The molecule has 6 nitrogen and oxygen atoms in total. The number of carbonyl (C=O) groups excluding carboxylic acids is 1. The van der Waals surface area contributed by atoms with Gasteiger partial charge in [0.25, 0.3) is 5.91 Å². The predicted octanol–water partition coefficient (Wildman–Crippen LogP) is 3.46. The van der Waals surface area contributed by atoms with Crippen molar-refractivity contribution in [3.05, 3.63) is 71.5 Å². The number of aryl methyl sites for hydroxylation is 2. The molecule has 0 N–H and O–H groups in total. The number of aromatic nitrogens is 2. The molecule has 0 atom stereocenters. The molecular formula is C23H26N4O2. The summed E-state index contributed by atoms with van der Waals surface area (Å²) in [6.45, 7) is 6.92. The van der Waals surface area contributed by atoms with E-state index >= 15 is 0 Å². The fourth-order valence-electron chi connectivity index (χ4n) is 3.89. The molecule has 0 radical (unpaired) electrons. The van der Waals surface area contributed by atoms with Crippen molar-refractivity contribution in [1.29, 1.82) is 0 Å². The van der Waals surface area contributed by atoms with Gasteiger partial charge in [-0.3, -0.25) is 4.79 Å². The number of ether oxygens (including phenoxy) is 1. The van der Waals surface area contributed by atoms with Crippen molar-refractivity contribution in [2.45, 2.75) is 13.8 Å². The van der Waals surface area contributed by atoms with E-state index in [2.05, 4.69) is 16.1 Å². The molecule has 2 aromatic carbocycles. The van der Waals surface area contributed by atoms with Gasteiger partial charge in [0.05, 0.1) is 24.2 Å². The van der Waals surface area contributed by atoms with Gasteiger partial charge in [-0.1, -0.05) is 18.2 Å². The molecule has 1 saturated heterocycles. The zero-order valence-corrected chi connectivity index (χ0v) is 17.1. The van der Waals surface area contributed by atoms with Crippen LogP contribution in [0.5, 0.6) is 5.75 Å². The van der Waals surface area contributed by atoms with Crippen LogP contribution in [0.25, 0.3) is 5.69 Å². The van der Waals surface area contributed by atoms with Gasteiger partial charge in [0, 0.05) is 37.4 Å². The molecule has 1 aliphatic rings. The Morgan fingerprint density at radius 1 is 0.966 bits per heavy atom. The highest BCUT2D eigenvalue weighted by Gasteiger charge is 2.24. The van der Waals surface area contributed by atoms with Gasteiger partial charge >= 0.3 is 0 Å². The van der Waals surface area contributed by atoms with E-state index in [4.69, 9.17) is 4.74 Å². The van der Waals surface area contributed by atoms with Gasteiger partial charge < -0.3 is 14.5 Å². The van der Waals surface area contributed by atoms with Crippen molar-refractivity contribution in [3.63, 3.8) is 0 Å². The minimum atomic E-state index is 0.0630. The van der Waals surface area contributed by atoms with Crippen LogP contribution in [-0.2, 0) is 0 Å². The first-order valence-corrected chi connectivity index (χ1v) is 9.88. The van der Waals surface area contributed by atoms with Crippen molar-refractivity contribution >= 4 is 11.6 Å². The van der Waals surface area contributed by atoms with Gasteiger partial charge in [-0.05, 0) is 50.2 Å². The van der Waals surface area contributed by atoms with E-state index in [0.29, 0.717) is 18.7 Å². The van der Waals surface area contributed by atoms with E-state index in [9.17, 15) is 4.79 Å². The minimum Gasteiger partial charge on any atom is -0.495 e. The van der Waals surface area contributed by atoms with Gasteiger partial charge in [0.2, 0.25) is 0 Å². The van der Waals surface area contributed by atoms with Crippen LogP contribution in [0.4, 0.5) is 5.69 Å². The van der Waals surface area contributed by atoms with Crippen LogP contribution in [0.1, 0.15) is 21.7 Å². The third-order valence-electron chi connectivity index (χ3n) is 5.34. The van der Waals surface area contributed by atoms with Gasteiger partial charge in [-0.15, -0.1) is 0 Å². The maximum Gasteiger partial charge on any atom is 0.254 e. The van der Waals surface area contributed by atoms with Crippen LogP contribution in [0.3, 0.4) is 0 Å². The molecule has 6 heteroatoms. The van der Waals surface area contributed by atoms with Gasteiger partial charge in [0.15, 0.2) is 0 Å². The summed E-state index contributed by atoms with van der Waals surface area (Å²) in [5.74, 6) is 0.929. The summed E-state index contributed by atoms with van der Waals surface area (Å²) >= 11 is 0. The molecule has 0 aliphatic carbocycles. The molecule has 29 heavy (non-hydrogen) atoms. The van der Waals surface area contributed by atoms with E-state index in [0.717, 1.165) is 41.6 Å². The summed E-state index contributed by atoms with van der Waals surface area (Å²) in [5, 5.41) is 4.53. The number of hydrogen-bond acceptors (Lipinski definition) is 4. The van der Waals surface area contributed by atoms with E-state index in [1.54, 1.807) is 7.11 Å². The van der Waals surface area contributed by atoms with Crippen LogP contribution in [-0.4, -0.2) is 53.9 Å². The number of piperazine rings is 1. The fourth-order valence-corrected chi connectivity index (χ4v) is 3.89. The summed E-state index contributed by atoms with van der Waals surface area (Å²) in [6, 6.07) is 17.8. The standard InChI is InChI=1S/C23H26N4O2/c1-17-15-18(2)27(24-17)20-8-6-7-19(16-20)23(28)26-13-11-25(12-14-26)21-9-4-5-10-22(21)29-3/h4-10,15-16H,11-14H2,1-3H3. The largest absolute Gasteiger partial charge is 0.495 e. The zero-order valence-electron chi connectivity index (χ0n) is 17.1. The number of amides is 1. The summed E-state index contributed by atoms with van der Waals surface area (Å²) < 4.78 is 7.36. The SMILES string of the molecule is COc1ccccc1N1CCN(C(=O)c2cccc(-n3nc(C)cc3C)c2)CC1. The van der Waals surface area contributed by atoms with Crippen molar-refractivity contribution < 1.29 is 9.53 Å². The first-order chi connectivity index (χ1) is 14.1. The maximum absolute atomic E-state index is 13.1. The number of hydrogen-bond donors (Lipinski definition) is 0. The molecule has 1 aliphatic heterocycles. The Morgan fingerprint density at radius 2 is 1.72 bits per heavy atom. The highest BCUT2D eigenvalue weighted by molar-refractivity contribution is 5.95. The summed E-state index contributed by atoms with van der Waals surface area (Å²) in [4.78, 5) is 17.3. The van der Waals surface area contributed by atoms with Gasteiger partial charge in [0.1, 0.15) is 5.75 Å². The Bertz CT molecular complexity index is 1020. The molecule has 1 fully saturated rings. The Morgan fingerprint density at radius 3 is 2.41 bits per heavy atom. The topological polar surface area (TPSA) is 50.6 Å². The van der Waals surface area contributed by atoms with Gasteiger partial charge in [-0.25, -0.2) is 4.68 Å². The number of rotatable bonds is 4. The summed E-state index contributed by atoms with van der Waals surface area (Å²) in [6.07, 6.45) is 0. The van der Waals surface area contributed by atoms with Crippen molar-refractivity contribution in [3.8, 4) is 11.4 Å². The Kier molecular flexibility index (Phi) is 5.25. The first-order valence-electron chi connectivity index (χ1n) is 9.88. The second kappa shape index (κ2) is 7.99. The number of nitrogens with zero attached hydrogens (tertiary/aromatic N) is 4. The molecule has 0 bridgehead atoms. The third kappa shape index (κ3) is 3.83. The van der Waals surface area contributed by atoms with E-state index in [-0.39, 0.29) is 5.91 Å². The van der Waals surface area contributed by atoms with E-state index in [1.165, 1.54) is 0 Å². The van der Waals surface area contributed by atoms with Gasteiger partial charge in [-0.2, -0.15) is 5.10 Å². The first kappa shape index (κ1) is 19.1. The quantitative estimate of drug-likeness (QED) is 0.685. The molecule has 0 saturated carbocycles. The van der Waals surface area contributed by atoms with Crippen LogP contribution < -0.4 is 9.64 Å². The molecular weight excluding hydrogens is 364 g/mol. The molecule has 0 spiro atoms. The summed E-state index contributed by atoms with van der Waals surface area (Å²) in [7, 11) is 1.69. The second-order valence-corrected chi connectivity index (χ2v) is 7.34. The number of methoxy groups -OCH3 is 1. The predicted molar refractivity (Wildman–Crippen MR) is 114 cm³/mol. The number of benzene rings is 2. The monoisotopic (exact) mass is 390 g/mol. The van der Waals surface area contributed by atoms with Crippen molar-refractivity contribution in [2.75, 3.05) is 38.2 Å². The number of para-hydroxylation sites is 2. The highest BCUT2D eigenvalue weighted by atomic mass is 16.5. The fraction of sp³-hybridized carbons (Fsp3) is 0.304. The number of anilines is 1. The van der Waals surface area contributed by atoms with Crippen LogP contribution in [0, 0.1) is 13.8 Å². The molecule has 1 amide bonds. The normalized spacial score (nSPS) is 14.2. The van der Waals surface area contributed by atoms with Crippen molar-refractivity contribution in [2.24, 2.45) is 0 Å². The molecule has 1 aromatic heterocycles. The molecule has 2 heterocycles. The van der Waals surface area contributed by atoms with Crippen LogP contribution >= 0.6 is 0 Å². The maximum atomic E-state index is 13.1. The third-order valence-corrected chi connectivity index (χ3v) is 5.34. The Hall–Kier alpha value is -3.28. The lowest BCUT2D eigenvalue weighted by Crippen LogP contribution is -2.48. The summed E-state index contributed by atoms with van der Waals surface area (Å²) in [5.41, 5.74) is 4.70. The van der Waals surface area contributed by atoms with Crippen LogP contribution in [0.15, 0.2) is 54.6 Å². The average molecular weight is 390 g/mol. The average Bonchev–Trinajstić information content (AvgIpc) is 3.11. The van der Waals surface area contributed by atoms with E-state index < -0.39 is 0 Å². The smallest absolute Gasteiger partial charge is 0.254 e. The Balaban J connectivity index is 1.48. The zero-order chi connectivity index (χ0) is 20.4. The Labute approximate surface area is 171 Å². The second-order valence-electron chi connectivity index (χ2n) is 7.34. The van der Waals surface area contributed by atoms with Crippen LogP contribution in [0.2, 0.25) is 0 Å².